The fraction of sp³-hybridized carbons (Fsp3) is 0. The zero-order chi connectivity index (χ0) is 26.0. The third-order valence-corrected chi connectivity index (χ3v) is 7.14. The van der Waals surface area contributed by atoms with E-state index < -0.39 is 0 Å². The molecule has 0 aliphatic rings. The minimum absolute atomic E-state index is 1.06. The maximum atomic E-state index is 3.61. The van der Waals surface area contributed by atoms with E-state index in [1.807, 2.05) is 18.2 Å². The zero-order valence-electron chi connectivity index (χ0n) is 21.4. The van der Waals surface area contributed by atoms with Crippen molar-refractivity contribution < 1.29 is 0 Å². The molecule has 0 saturated carbocycles. The molecule has 0 aliphatic heterocycles. The van der Waals surface area contributed by atoms with E-state index in [0.717, 1.165) is 22.7 Å². The fourth-order valence-corrected chi connectivity index (χ4v) is 5.25. The number of nitrogens with zero attached hydrogens (tertiary/aromatic N) is 1. The van der Waals surface area contributed by atoms with Crippen LogP contribution in [0.3, 0.4) is 0 Å². The van der Waals surface area contributed by atoms with Gasteiger partial charge in [0, 0.05) is 39.2 Å². The average Bonchev–Trinajstić information content (AvgIpc) is 3.33. The molecule has 2 N–H and O–H groups in total. The largest absolute Gasteiger partial charge is 0.356 e. The second-order valence-electron chi connectivity index (χ2n) is 9.69. The number of fused-ring (bicyclic) bond motifs is 3. The van der Waals surface area contributed by atoms with Gasteiger partial charge in [0.15, 0.2) is 0 Å². The third kappa shape index (κ3) is 4.51. The van der Waals surface area contributed by atoms with Gasteiger partial charge in [0.25, 0.3) is 0 Å². The smallest absolute Gasteiger partial charge is 0.0542 e. The van der Waals surface area contributed by atoms with Crippen LogP contribution in [0.5, 0.6) is 0 Å². The van der Waals surface area contributed by atoms with E-state index in [1.54, 1.807) is 0 Å². The highest BCUT2D eigenvalue weighted by Gasteiger charge is 2.12. The lowest BCUT2D eigenvalue weighted by atomic mass is 10.0. The van der Waals surface area contributed by atoms with Crippen molar-refractivity contribution in [3.63, 3.8) is 0 Å². The van der Waals surface area contributed by atoms with Crippen molar-refractivity contribution in [3.05, 3.63) is 152 Å². The SMILES string of the molecule is c1ccc(Nc2ccc(-c3ccc(Nc4ccc5c(c4)c4ccccc4n5-c4ccccc4)cc3)cc2)cc1. The van der Waals surface area contributed by atoms with Gasteiger partial charge in [-0.25, -0.2) is 0 Å². The molecule has 0 aliphatic carbocycles. The van der Waals surface area contributed by atoms with Crippen molar-refractivity contribution in [3.8, 4) is 16.8 Å². The fourth-order valence-electron chi connectivity index (χ4n) is 5.25. The Hall–Kier alpha value is -5.28. The molecule has 0 fully saturated rings. The number of para-hydroxylation sites is 3. The number of hydrogen-bond acceptors (Lipinski definition) is 2. The molecule has 0 atom stereocenters. The van der Waals surface area contributed by atoms with Crippen LogP contribution in [0.2, 0.25) is 0 Å². The second kappa shape index (κ2) is 9.88. The van der Waals surface area contributed by atoms with Crippen molar-refractivity contribution >= 4 is 44.6 Å². The quantitative estimate of drug-likeness (QED) is 0.237. The molecule has 39 heavy (non-hydrogen) atoms. The molecule has 1 heterocycles. The number of benzene rings is 6. The standard InChI is InChI=1S/C36H27N3/c1-3-9-28(10-4-1)37-29-19-15-26(16-20-29)27-17-21-30(22-18-27)38-31-23-24-36-34(25-31)33-13-7-8-14-35(33)39(36)32-11-5-2-6-12-32/h1-25,37-38H. The number of nitrogens with one attached hydrogen (secondary N) is 2. The zero-order valence-corrected chi connectivity index (χ0v) is 21.4. The highest BCUT2D eigenvalue weighted by Crippen LogP contribution is 2.34. The molecule has 186 valence electrons. The van der Waals surface area contributed by atoms with E-state index in [9.17, 15) is 0 Å². The normalized spacial score (nSPS) is 11.1. The van der Waals surface area contributed by atoms with E-state index in [4.69, 9.17) is 0 Å². The molecule has 6 aromatic carbocycles. The Kier molecular flexibility index (Phi) is 5.80. The highest BCUT2D eigenvalue weighted by atomic mass is 15.0. The minimum Gasteiger partial charge on any atom is -0.356 e. The topological polar surface area (TPSA) is 29.0 Å². The molecule has 0 radical (unpaired) electrons. The summed E-state index contributed by atoms with van der Waals surface area (Å²) in [4.78, 5) is 0. The van der Waals surface area contributed by atoms with E-state index >= 15 is 0 Å². The summed E-state index contributed by atoms with van der Waals surface area (Å²) in [6, 6.07) is 53.2. The summed E-state index contributed by atoms with van der Waals surface area (Å²) in [7, 11) is 0. The Morgan fingerprint density at radius 1 is 0.359 bits per heavy atom. The summed E-state index contributed by atoms with van der Waals surface area (Å²) in [5.74, 6) is 0. The van der Waals surface area contributed by atoms with E-state index in [2.05, 4.69) is 149 Å². The maximum absolute atomic E-state index is 3.61. The van der Waals surface area contributed by atoms with Crippen LogP contribution >= 0.6 is 0 Å². The van der Waals surface area contributed by atoms with E-state index in [0.29, 0.717) is 0 Å². The second-order valence-corrected chi connectivity index (χ2v) is 9.69. The molecule has 1 aromatic heterocycles. The molecule has 0 amide bonds. The first kappa shape index (κ1) is 22.9. The summed E-state index contributed by atoms with van der Waals surface area (Å²) in [5, 5.41) is 9.53. The lowest BCUT2D eigenvalue weighted by molar-refractivity contribution is 1.18. The number of aromatic nitrogens is 1. The van der Waals surface area contributed by atoms with Gasteiger partial charge in [-0.2, -0.15) is 0 Å². The summed E-state index contributed by atoms with van der Waals surface area (Å²) < 4.78 is 2.34. The molecule has 3 nitrogen and oxygen atoms in total. The van der Waals surface area contributed by atoms with Crippen LogP contribution < -0.4 is 10.6 Å². The lowest BCUT2D eigenvalue weighted by Crippen LogP contribution is -1.94. The first-order chi connectivity index (χ1) is 19.3. The summed E-state index contributed by atoms with van der Waals surface area (Å²) in [6.45, 7) is 0. The Labute approximate surface area is 228 Å². The van der Waals surface area contributed by atoms with Gasteiger partial charge >= 0.3 is 0 Å². The molecule has 0 spiro atoms. The van der Waals surface area contributed by atoms with Gasteiger partial charge in [0.1, 0.15) is 0 Å². The summed E-state index contributed by atoms with van der Waals surface area (Å²) in [6.07, 6.45) is 0. The van der Waals surface area contributed by atoms with Crippen LogP contribution in [0.4, 0.5) is 22.7 Å². The van der Waals surface area contributed by atoms with Gasteiger partial charge in [-0.05, 0) is 83.9 Å². The van der Waals surface area contributed by atoms with E-state index in [1.165, 1.54) is 38.6 Å². The van der Waals surface area contributed by atoms with Crippen LogP contribution in [-0.2, 0) is 0 Å². The predicted molar refractivity (Wildman–Crippen MR) is 166 cm³/mol. The van der Waals surface area contributed by atoms with Crippen LogP contribution in [0, 0.1) is 0 Å². The molecular weight excluding hydrogens is 474 g/mol. The average molecular weight is 502 g/mol. The van der Waals surface area contributed by atoms with Crippen molar-refractivity contribution in [2.45, 2.75) is 0 Å². The lowest BCUT2D eigenvalue weighted by Gasteiger charge is -2.10. The van der Waals surface area contributed by atoms with Gasteiger partial charge in [-0.1, -0.05) is 78.9 Å². The molecule has 7 aromatic rings. The highest BCUT2D eigenvalue weighted by molar-refractivity contribution is 6.10. The van der Waals surface area contributed by atoms with Crippen LogP contribution in [-0.4, -0.2) is 4.57 Å². The van der Waals surface area contributed by atoms with Crippen LogP contribution in [0.15, 0.2) is 152 Å². The van der Waals surface area contributed by atoms with Gasteiger partial charge in [0.2, 0.25) is 0 Å². The Balaban J connectivity index is 1.14. The van der Waals surface area contributed by atoms with Gasteiger partial charge in [-0.15, -0.1) is 0 Å². The van der Waals surface area contributed by atoms with Gasteiger partial charge in [0.05, 0.1) is 11.0 Å². The Morgan fingerprint density at radius 2 is 0.846 bits per heavy atom. The molecular formula is C36H27N3. The summed E-state index contributed by atoms with van der Waals surface area (Å²) in [5.41, 5.74) is 10.3. The third-order valence-electron chi connectivity index (χ3n) is 7.14. The number of rotatable bonds is 6. The van der Waals surface area contributed by atoms with Crippen molar-refractivity contribution in [2.75, 3.05) is 10.6 Å². The van der Waals surface area contributed by atoms with Crippen LogP contribution in [0.1, 0.15) is 0 Å². The summed E-state index contributed by atoms with van der Waals surface area (Å²) >= 11 is 0. The van der Waals surface area contributed by atoms with E-state index in [-0.39, 0.29) is 0 Å². The number of hydrogen-bond donors (Lipinski definition) is 2. The van der Waals surface area contributed by atoms with Gasteiger partial charge < -0.3 is 15.2 Å². The monoisotopic (exact) mass is 501 g/mol. The van der Waals surface area contributed by atoms with Gasteiger partial charge in [-0.3, -0.25) is 0 Å². The molecule has 0 bridgehead atoms. The Bertz CT molecular complexity index is 1870. The first-order valence-electron chi connectivity index (χ1n) is 13.2. The van der Waals surface area contributed by atoms with Crippen molar-refractivity contribution in [1.82, 2.24) is 4.57 Å². The molecule has 7 rings (SSSR count). The van der Waals surface area contributed by atoms with Crippen molar-refractivity contribution in [2.24, 2.45) is 0 Å². The minimum atomic E-state index is 1.06. The van der Waals surface area contributed by atoms with Crippen LogP contribution in [0.25, 0.3) is 38.6 Å². The number of anilines is 4. The molecule has 3 heteroatoms. The Morgan fingerprint density at radius 3 is 1.51 bits per heavy atom. The molecule has 0 saturated heterocycles. The first-order valence-corrected chi connectivity index (χ1v) is 13.2. The molecule has 0 unspecified atom stereocenters. The predicted octanol–water partition coefficient (Wildman–Crippen LogP) is 9.94. The maximum Gasteiger partial charge on any atom is 0.0542 e. The van der Waals surface area contributed by atoms with Crippen molar-refractivity contribution in [1.29, 1.82) is 0 Å².